The number of carbonyl (C=O) groups is 2. The van der Waals surface area contributed by atoms with Crippen LogP contribution in [0.4, 0.5) is 5.69 Å². The molecule has 3 rings (SSSR count). The molecule has 2 N–H and O–H groups in total. The van der Waals surface area contributed by atoms with Crippen molar-refractivity contribution < 1.29 is 19.4 Å². The molecule has 3 aromatic rings. The summed E-state index contributed by atoms with van der Waals surface area (Å²) in [5.74, 6) is -1.36. The average molecular weight is 418 g/mol. The molecule has 31 heavy (non-hydrogen) atoms. The number of hydrogen-bond donors (Lipinski definition) is 2. The zero-order valence-electron chi connectivity index (χ0n) is 17.6. The zero-order valence-corrected chi connectivity index (χ0v) is 17.6. The summed E-state index contributed by atoms with van der Waals surface area (Å²) in [4.78, 5) is 27.1. The number of esters is 1. The van der Waals surface area contributed by atoms with E-state index in [-0.39, 0.29) is 0 Å². The fraction of sp³-hybridized carbons (Fsp3) is 0.200. The van der Waals surface area contributed by atoms with Gasteiger partial charge in [0.1, 0.15) is 0 Å². The Balaban J connectivity index is 1.64. The molecule has 0 aliphatic heterocycles. The van der Waals surface area contributed by atoms with E-state index in [9.17, 15) is 14.7 Å². The number of carbonyl (C=O) groups excluding carboxylic acids is 2. The minimum atomic E-state index is -2.01. The number of rotatable bonds is 8. The first-order chi connectivity index (χ1) is 14.9. The summed E-state index contributed by atoms with van der Waals surface area (Å²) in [5, 5.41) is 14.0. The van der Waals surface area contributed by atoms with Gasteiger partial charge in [-0.15, -0.1) is 0 Å². The van der Waals surface area contributed by atoms with E-state index < -0.39 is 24.1 Å². The van der Waals surface area contributed by atoms with Gasteiger partial charge in [-0.2, -0.15) is 0 Å². The van der Waals surface area contributed by atoms with E-state index in [1.807, 2.05) is 43.3 Å². The van der Waals surface area contributed by atoms with Gasteiger partial charge in [0.05, 0.1) is 0 Å². The van der Waals surface area contributed by atoms with Crippen molar-refractivity contribution in [3.8, 4) is 0 Å². The van der Waals surface area contributed by atoms with Crippen molar-refractivity contribution in [2.24, 2.45) is 0 Å². The van der Waals surface area contributed by atoms with Crippen molar-refractivity contribution in [3.63, 3.8) is 0 Å². The maximum Gasteiger partial charge on any atom is 0.348 e. The molecule has 6 nitrogen and oxygen atoms in total. The van der Waals surface area contributed by atoms with Gasteiger partial charge in [-0.25, -0.2) is 4.79 Å². The Bertz CT molecular complexity index is 963. The second-order valence-corrected chi connectivity index (χ2v) is 7.36. The molecule has 0 aliphatic carbocycles. The number of nitrogens with one attached hydrogen (secondary N) is 1. The Hall–Kier alpha value is -3.64. The lowest BCUT2D eigenvalue weighted by atomic mass is 9.86. The first-order valence-electron chi connectivity index (χ1n) is 9.95. The maximum atomic E-state index is 12.9. The highest BCUT2D eigenvalue weighted by Crippen LogP contribution is 2.31. The molecule has 0 fully saturated rings. The molecule has 0 heterocycles. The van der Waals surface area contributed by atoms with E-state index in [0.717, 1.165) is 11.3 Å². The SMILES string of the molecule is CN(C)c1ccc(CNC(=O)COC(=O)C(O)(c2ccccc2)c2ccccc2)cc1. The standard InChI is InChI=1S/C25H26N2O4/c1-27(2)22-15-13-19(14-16-22)17-26-23(28)18-31-24(29)25(30,20-9-5-3-6-10-20)21-11-7-4-8-12-21/h3-16,30H,17-18H2,1-2H3,(H,26,28). The first kappa shape index (κ1) is 22.1. The number of benzene rings is 3. The van der Waals surface area contributed by atoms with E-state index in [1.165, 1.54) is 0 Å². The van der Waals surface area contributed by atoms with Crippen molar-refractivity contribution in [2.75, 3.05) is 25.6 Å². The number of hydrogen-bond acceptors (Lipinski definition) is 5. The average Bonchev–Trinajstić information content (AvgIpc) is 2.82. The van der Waals surface area contributed by atoms with E-state index in [0.29, 0.717) is 17.7 Å². The van der Waals surface area contributed by atoms with Crippen LogP contribution in [0.3, 0.4) is 0 Å². The summed E-state index contributed by atoms with van der Waals surface area (Å²) in [6.07, 6.45) is 0. The summed E-state index contributed by atoms with van der Waals surface area (Å²) >= 11 is 0. The van der Waals surface area contributed by atoms with Crippen LogP contribution in [0.25, 0.3) is 0 Å². The normalized spacial score (nSPS) is 10.9. The number of nitrogens with zero attached hydrogens (tertiary/aromatic N) is 1. The molecule has 1 amide bonds. The number of anilines is 1. The monoisotopic (exact) mass is 418 g/mol. The lowest BCUT2D eigenvalue weighted by Gasteiger charge is -2.27. The summed E-state index contributed by atoms with van der Waals surface area (Å²) in [7, 11) is 3.91. The summed E-state index contributed by atoms with van der Waals surface area (Å²) in [5.41, 5.74) is 0.714. The molecule has 0 saturated carbocycles. The molecule has 0 aromatic heterocycles. The third-order valence-corrected chi connectivity index (χ3v) is 4.96. The number of amides is 1. The Kier molecular flexibility index (Phi) is 7.05. The molecule has 0 atom stereocenters. The van der Waals surface area contributed by atoms with Gasteiger partial charge >= 0.3 is 5.97 Å². The van der Waals surface area contributed by atoms with Gasteiger partial charge in [-0.3, -0.25) is 4.79 Å². The predicted octanol–water partition coefficient (Wildman–Crippen LogP) is 2.85. The fourth-order valence-electron chi connectivity index (χ4n) is 3.16. The van der Waals surface area contributed by atoms with Crippen LogP contribution in [0.15, 0.2) is 84.9 Å². The van der Waals surface area contributed by atoms with Crippen LogP contribution in [0.1, 0.15) is 16.7 Å². The van der Waals surface area contributed by atoms with E-state index in [4.69, 9.17) is 4.74 Å². The minimum Gasteiger partial charge on any atom is -0.453 e. The largest absolute Gasteiger partial charge is 0.453 e. The van der Waals surface area contributed by atoms with Crippen LogP contribution < -0.4 is 10.2 Å². The third-order valence-electron chi connectivity index (χ3n) is 4.96. The highest BCUT2D eigenvalue weighted by Gasteiger charge is 2.41. The fourth-order valence-corrected chi connectivity index (χ4v) is 3.16. The molecular weight excluding hydrogens is 392 g/mol. The molecule has 0 spiro atoms. The first-order valence-corrected chi connectivity index (χ1v) is 9.95. The highest BCUT2D eigenvalue weighted by atomic mass is 16.6. The quantitative estimate of drug-likeness (QED) is 0.550. The van der Waals surface area contributed by atoms with Crippen molar-refractivity contribution in [2.45, 2.75) is 12.1 Å². The van der Waals surface area contributed by atoms with Crippen molar-refractivity contribution in [1.29, 1.82) is 0 Å². The van der Waals surface area contributed by atoms with Crippen molar-refractivity contribution in [3.05, 3.63) is 102 Å². The molecular formula is C25H26N2O4. The third kappa shape index (κ3) is 5.29. The van der Waals surface area contributed by atoms with Gasteiger partial charge in [-0.05, 0) is 28.8 Å². The zero-order chi connectivity index (χ0) is 22.3. The van der Waals surface area contributed by atoms with Crippen LogP contribution in [0.2, 0.25) is 0 Å². The lowest BCUT2D eigenvalue weighted by molar-refractivity contribution is -0.164. The van der Waals surface area contributed by atoms with Gasteiger partial charge in [0, 0.05) is 26.3 Å². The Morgan fingerprint density at radius 2 is 1.39 bits per heavy atom. The summed E-state index contributed by atoms with van der Waals surface area (Å²) in [6, 6.07) is 24.8. The molecule has 0 radical (unpaired) electrons. The second kappa shape index (κ2) is 9.91. The van der Waals surface area contributed by atoms with E-state index in [1.54, 1.807) is 60.7 Å². The molecule has 0 unspecified atom stereocenters. The molecule has 3 aromatic carbocycles. The topological polar surface area (TPSA) is 78.9 Å². The van der Waals surface area contributed by atoms with Gasteiger partial charge in [0.2, 0.25) is 5.60 Å². The Labute approximate surface area is 182 Å². The van der Waals surface area contributed by atoms with E-state index in [2.05, 4.69) is 5.32 Å². The number of aliphatic hydroxyl groups is 1. The van der Waals surface area contributed by atoms with Crippen LogP contribution in [0.5, 0.6) is 0 Å². The summed E-state index contributed by atoms with van der Waals surface area (Å²) < 4.78 is 5.21. The molecule has 0 aliphatic rings. The molecule has 0 bridgehead atoms. The van der Waals surface area contributed by atoms with Gasteiger partial charge in [0.15, 0.2) is 6.61 Å². The van der Waals surface area contributed by atoms with Crippen LogP contribution in [0, 0.1) is 0 Å². The Morgan fingerprint density at radius 1 is 0.871 bits per heavy atom. The van der Waals surface area contributed by atoms with Gasteiger partial charge in [0.25, 0.3) is 5.91 Å². The Morgan fingerprint density at radius 3 is 1.87 bits per heavy atom. The minimum absolute atomic E-state index is 0.311. The molecule has 0 saturated heterocycles. The van der Waals surface area contributed by atoms with Crippen LogP contribution >= 0.6 is 0 Å². The van der Waals surface area contributed by atoms with Crippen LogP contribution in [-0.2, 0) is 26.5 Å². The maximum absolute atomic E-state index is 12.9. The highest BCUT2D eigenvalue weighted by molar-refractivity contribution is 5.88. The lowest BCUT2D eigenvalue weighted by Crippen LogP contribution is -2.40. The van der Waals surface area contributed by atoms with E-state index >= 15 is 0 Å². The van der Waals surface area contributed by atoms with Crippen molar-refractivity contribution in [1.82, 2.24) is 5.32 Å². The van der Waals surface area contributed by atoms with Crippen molar-refractivity contribution >= 4 is 17.6 Å². The summed E-state index contributed by atoms with van der Waals surface area (Å²) in [6.45, 7) is -0.178. The van der Waals surface area contributed by atoms with Gasteiger partial charge < -0.3 is 20.1 Å². The molecule has 160 valence electrons. The molecule has 6 heteroatoms. The van der Waals surface area contributed by atoms with Crippen LogP contribution in [-0.4, -0.2) is 37.7 Å². The predicted molar refractivity (Wildman–Crippen MR) is 119 cm³/mol. The smallest absolute Gasteiger partial charge is 0.348 e. The number of ether oxygens (including phenoxy) is 1. The van der Waals surface area contributed by atoms with Gasteiger partial charge in [-0.1, -0.05) is 72.8 Å². The second-order valence-electron chi connectivity index (χ2n) is 7.36.